The molecule has 4 aromatic rings. The molecule has 0 radical (unpaired) electrons. The van der Waals surface area contributed by atoms with Crippen LogP contribution in [-0.2, 0) is 7.05 Å². The van der Waals surface area contributed by atoms with Gasteiger partial charge in [0.15, 0.2) is 0 Å². The smallest absolute Gasteiger partial charge is 0.223 e. The Morgan fingerprint density at radius 1 is 0.769 bits per heavy atom. The fourth-order valence-electron chi connectivity index (χ4n) is 3.56. The highest BCUT2D eigenvalue weighted by Gasteiger charge is 2.11. The lowest BCUT2D eigenvalue weighted by molar-refractivity contribution is 0.856. The first-order valence-corrected chi connectivity index (χ1v) is 12.6. The number of nitrogens with zero attached hydrogens (tertiary/aromatic N) is 7. The van der Waals surface area contributed by atoms with Gasteiger partial charge in [0.25, 0.3) is 0 Å². The fraction of sp³-hybridized carbons (Fsp3) is 0.481. The SMILES string of the molecule is C.CC(C)Nc1cc(N)nc(N)n1.CC(C)c1cn(C)c2cnc(N)nc12.Cc1cc(NC(C)C)nc(C)n1. The van der Waals surface area contributed by atoms with Gasteiger partial charge in [-0.3, -0.25) is 0 Å². The summed E-state index contributed by atoms with van der Waals surface area (Å²) >= 11 is 0. The maximum atomic E-state index is 5.57. The Balaban J connectivity index is 0.000000290. The van der Waals surface area contributed by atoms with Gasteiger partial charge in [-0.15, -0.1) is 0 Å². The van der Waals surface area contributed by atoms with E-state index in [-0.39, 0.29) is 13.4 Å². The first-order valence-electron chi connectivity index (χ1n) is 12.6. The van der Waals surface area contributed by atoms with Crippen molar-refractivity contribution in [3.63, 3.8) is 0 Å². The molecule has 0 aliphatic rings. The van der Waals surface area contributed by atoms with E-state index < -0.39 is 0 Å². The molecule has 0 spiro atoms. The minimum Gasteiger partial charge on any atom is -0.383 e. The van der Waals surface area contributed by atoms with Crippen LogP contribution in [0, 0.1) is 13.8 Å². The van der Waals surface area contributed by atoms with E-state index in [2.05, 4.69) is 74.4 Å². The number of fused-ring (bicyclic) bond motifs is 1. The molecule has 4 aromatic heterocycles. The second-order valence-corrected chi connectivity index (χ2v) is 9.89. The first-order chi connectivity index (χ1) is 17.7. The molecule has 0 amide bonds. The van der Waals surface area contributed by atoms with E-state index in [1.54, 1.807) is 12.3 Å². The van der Waals surface area contributed by atoms with Crippen molar-refractivity contribution in [3.8, 4) is 0 Å². The molecule has 214 valence electrons. The molecule has 0 saturated heterocycles. The van der Waals surface area contributed by atoms with Crippen LogP contribution in [0.1, 0.15) is 72.0 Å². The summed E-state index contributed by atoms with van der Waals surface area (Å²) in [5, 5.41) is 6.31. The monoisotopic (exact) mass is 538 g/mol. The van der Waals surface area contributed by atoms with Gasteiger partial charge in [-0.2, -0.15) is 9.97 Å². The molecule has 0 aromatic carbocycles. The Kier molecular flexibility index (Phi) is 12.3. The van der Waals surface area contributed by atoms with Gasteiger partial charge in [0, 0.05) is 43.2 Å². The quantitative estimate of drug-likeness (QED) is 0.237. The summed E-state index contributed by atoms with van der Waals surface area (Å²) in [6, 6.07) is 4.32. The summed E-state index contributed by atoms with van der Waals surface area (Å²) in [6.07, 6.45) is 3.85. The number of nitrogen functional groups attached to an aromatic ring is 3. The van der Waals surface area contributed by atoms with E-state index >= 15 is 0 Å². The Labute approximate surface area is 232 Å². The minimum absolute atomic E-state index is 0. The fourth-order valence-corrected chi connectivity index (χ4v) is 3.56. The van der Waals surface area contributed by atoms with E-state index in [9.17, 15) is 0 Å². The van der Waals surface area contributed by atoms with Crippen LogP contribution in [-0.4, -0.2) is 46.6 Å². The summed E-state index contributed by atoms with van der Waals surface area (Å²) in [4.78, 5) is 24.4. The molecule has 0 aliphatic heterocycles. The predicted molar refractivity (Wildman–Crippen MR) is 164 cm³/mol. The van der Waals surface area contributed by atoms with Crippen LogP contribution in [0.2, 0.25) is 0 Å². The molecular weight excluding hydrogens is 492 g/mol. The largest absolute Gasteiger partial charge is 0.383 e. The summed E-state index contributed by atoms with van der Waals surface area (Å²) in [6.45, 7) is 16.4. The zero-order valence-corrected chi connectivity index (χ0v) is 23.9. The third kappa shape index (κ3) is 10.6. The first kappa shape index (κ1) is 32.8. The highest BCUT2D eigenvalue weighted by molar-refractivity contribution is 5.80. The van der Waals surface area contributed by atoms with Crippen LogP contribution in [0.3, 0.4) is 0 Å². The number of nitrogens with one attached hydrogen (secondary N) is 2. The highest BCUT2D eigenvalue weighted by atomic mass is 15.1. The van der Waals surface area contributed by atoms with Crippen molar-refractivity contribution >= 4 is 40.4 Å². The number of nitrogens with two attached hydrogens (primary N) is 3. The molecule has 12 nitrogen and oxygen atoms in total. The second kappa shape index (κ2) is 14.6. The number of anilines is 5. The van der Waals surface area contributed by atoms with Crippen LogP contribution >= 0.6 is 0 Å². The lowest BCUT2D eigenvalue weighted by Crippen LogP contribution is -2.12. The molecule has 12 heteroatoms. The number of aryl methyl sites for hydroxylation is 3. The maximum absolute atomic E-state index is 5.57. The van der Waals surface area contributed by atoms with Gasteiger partial charge in [0.2, 0.25) is 11.9 Å². The molecule has 0 unspecified atom stereocenters. The average molecular weight is 539 g/mol. The zero-order valence-electron chi connectivity index (χ0n) is 23.9. The highest BCUT2D eigenvalue weighted by Crippen LogP contribution is 2.25. The van der Waals surface area contributed by atoms with E-state index in [4.69, 9.17) is 17.2 Å². The molecule has 4 rings (SSSR count). The van der Waals surface area contributed by atoms with Crippen LogP contribution < -0.4 is 27.8 Å². The molecular formula is C27H46N12. The van der Waals surface area contributed by atoms with Gasteiger partial charge in [0.1, 0.15) is 23.3 Å². The van der Waals surface area contributed by atoms with Crippen molar-refractivity contribution in [1.82, 2.24) is 34.5 Å². The van der Waals surface area contributed by atoms with Gasteiger partial charge < -0.3 is 32.4 Å². The standard InChI is InChI=1S/C10H14N4.C9H15N3.C7H13N5.CH4/c1-6(2)7-5-14(3)8-4-12-10(11)13-9(7)8;1-6(2)10-9-5-7(3)11-8(4)12-9;1-4(2)10-6-3-5(8)11-7(9)12-6;/h4-6H,1-3H3,(H2,11,12,13);5-6H,1-4H3,(H,10,11,12);3-4H,1-2H3,(H5,8,9,10,11,12);1H4. The van der Waals surface area contributed by atoms with Gasteiger partial charge in [-0.1, -0.05) is 21.3 Å². The van der Waals surface area contributed by atoms with E-state index in [0.717, 1.165) is 28.4 Å². The van der Waals surface area contributed by atoms with Crippen molar-refractivity contribution in [1.29, 1.82) is 0 Å². The van der Waals surface area contributed by atoms with E-state index in [1.165, 1.54) is 5.56 Å². The van der Waals surface area contributed by atoms with Crippen LogP contribution in [0.4, 0.5) is 29.4 Å². The third-order valence-electron chi connectivity index (χ3n) is 5.00. The van der Waals surface area contributed by atoms with Crippen molar-refractivity contribution in [2.45, 2.75) is 80.8 Å². The number of rotatable bonds is 5. The maximum Gasteiger partial charge on any atom is 0.223 e. The van der Waals surface area contributed by atoms with E-state index in [0.29, 0.717) is 35.6 Å². The van der Waals surface area contributed by atoms with Gasteiger partial charge in [-0.05, 0) is 53.0 Å². The van der Waals surface area contributed by atoms with Crippen LogP contribution in [0.5, 0.6) is 0 Å². The van der Waals surface area contributed by atoms with Crippen molar-refractivity contribution in [2.75, 3.05) is 27.8 Å². The molecule has 0 fully saturated rings. The molecule has 0 aliphatic carbocycles. The van der Waals surface area contributed by atoms with Gasteiger partial charge in [0.05, 0.1) is 17.2 Å². The number of hydrogen-bond acceptors (Lipinski definition) is 11. The lowest BCUT2D eigenvalue weighted by Gasteiger charge is -2.09. The van der Waals surface area contributed by atoms with Crippen LogP contribution in [0.25, 0.3) is 11.0 Å². The Hall–Kier alpha value is -4.22. The van der Waals surface area contributed by atoms with Gasteiger partial charge >= 0.3 is 0 Å². The van der Waals surface area contributed by atoms with Crippen LogP contribution in [0.15, 0.2) is 24.5 Å². The summed E-state index contributed by atoms with van der Waals surface area (Å²) in [7, 11) is 1.99. The molecule has 39 heavy (non-hydrogen) atoms. The molecule has 0 saturated carbocycles. The summed E-state index contributed by atoms with van der Waals surface area (Å²) in [5.41, 5.74) is 20.7. The topological polar surface area (TPSA) is 184 Å². The number of aromatic nitrogens is 7. The van der Waals surface area contributed by atoms with Crippen molar-refractivity contribution in [2.24, 2.45) is 7.05 Å². The van der Waals surface area contributed by atoms with Crippen molar-refractivity contribution < 1.29 is 0 Å². The normalized spacial score (nSPS) is 10.5. The van der Waals surface area contributed by atoms with Crippen molar-refractivity contribution in [3.05, 3.63) is 41.6 Å². The Bertz CT molecular complexity index is 1230. The zero-order chi connectivity index (χ0) is 28.6. The molecule has 0 bridgehead atoms. The Morgan fingerprint density at radius 3 is 1.87 bits per heavy atom. The van der Waals surface area contributed by atoms with E-state index in [1.807, 2.05) is 45.4 Å². The summed E-state index contributed by atoms with van der Waals surface area (Å²) < 4.78 is 2.03. The number of hydrogen-bond donors (Lipinski definition) is 5. The minimum atomic E-state index is 0. The third-order valence-corrected chi connectivity index (χ3v) is 5.00. The predicted octanol–water partition coefficient (Wildman–Crippen LogP) is 4.69. The summed E-state index contributed by atoms with van der Waals surface area (Å²) in [5.74, 6) is 3.76. The second-order valence-electron chi connectivity index (χ2n) is 9.89. The molecule has 8 N–H and O–H groups in total. The molecule has 0 atom stereocenters. The lowest BCUT2D eigenvalue weighted by atomic mass is 10.1. The van der Waals surface area contributed by atoms with Gasteiger partial charge in [-0.25, -0.2) is 19.9 Å². The Morgan fingerprint density at radius 2 is 1.36 bits per heavy atom. The molecule has 4 heterocycles. The average Bonchev–Trinajstić information content (AvgIpc) is 3.08.